The minimum absolute atomic E-state index is 0.254. The van der Waals surface area contributed by atoms with Crippen molar-refractivity contribution in [2.45, 2.75) is 13.1 Å². The topological polar surface area (TPSA) is 29.3 Å². The molecule has 0 saturated heterocycles. The van der Waals surface area contributed by atoms with Crippen LogP contribution in [-0.4, -0.2) is 11.9 Å². The number of rotatable bonds is 4. The van der Waals surface area contributed by atoms with Crippen LogP contribution >= 0.6 is 11.3 Å². The number of benzene rings is 1. The third kappa shape index (κ3) is 3.05. The van der Waals surface area contributed by atoms with Gasteiger partial charge in [-0.1, -0.05) is 12.1 Å². The van der Waals surface area contributed by atoms with Gasteiger partial charge in [0.2, 0.25) is 0 Å². The second-order valence-corrected chi connectivity index (χ2v) is 4.90. The summed E-state index contributed by atoms with van der Waals surface area (Å²) in [6.07, 6.45) is 0. The van der Waals surface area contributed by atoms with E-state index in [1.54, 1.807) is 17.4 Å². The molecule has 1 heterocycles. The minimum atomic E-state index is -0.341. The highest BCUT2D eigenvalue weighted by Crippen LogP contribution is 2.18. The van der Waals surface area contributed by atoms with Gasteiger partial charge >= 0.3 is 0 Å². The van der Waals surface area contributed by atoms with Crippen molar-refractivity contribution in [2.24, 2.45) is 0 Å². The van der Waals surface area contributed by atoms with Crippen molar-refractivity contribution in [3.63, 3.8) is 0 Å². The van der Waals surface area contributed by atoms with Crippen LogP contribution in [0.2, 0.25) is 0 Å². The minimum Gasteiger partial charge on any atom is -0.396 e. The summed E-state index contributed by atoms with van der Waals surface area (Å²) in [5.41, 5.74) is 8.07. The average Bonchev–Trinajstić information content (AvgIpc) is 2.77. The fourth-order valence-electron chi connectivity index (χ4n) is 1.76. The summed E-state index contributed by atoms with van der Waals surface area (Å²) >= 11 is 1.68. The van der Waals surface area contributed by atoms with Crippen LogP contribution in [0.15, 0.2) is 35.0 Å². The Labute approximate surface area is 104 Å². The van der Waals surface area contributed by atoms with Gasteiger partial charge in [0, 0.05) is 13.1 Å². The summed E-state index contributed by atoms with van der Waals surface area (Å²) in [4.78, 5) is 2.12. The number of nitrogens with two attached hydrogens (primary N) is 1. The van der Waals surface area contributed by atoms with Gasteiger partial charge in [-0.15, -0.1) is 0 Å². The molecule has 2 rings (SSSR count). The molecular weight excluding hydrogens is 235 g/mol. The lowest BCUT2D eigenvalue weighted by molar-refractivity contribution is 0.319. The van der Waals surface area contributed by atoms with Gasteiger partial charge < -0.3 is 5.73 Å². The highest BCUT2D eigenvalue weighted by Gasteiger charge is 2.07. The van der Waals surface area contributed by atoms with E-state index in [9.17, 15) is 4.39 Å². The largest absolute Gasteiger partial charge is 0.396 e. The predicted octanol–water partition coefficient (Wildman–Crippen LogP) is 3.10. The SMILES string of the molecule is CN(Cc1ccsc1)Cc1cccc(F)c1N. The van der Waals surface area contributed by atoms with Crippen LogP contribution in [0.1, 0.15) is 11.1 Å². The van der Waals surface area contributed by atoms with Gasteiger partial charge in [-0.2, -0.15) is 11.3 Å². The Morgan fingerprint density at radius 3 is 2.82 bits per heavy atom. The maximum absolute atomic E-state index is 13.3. The number of halogens is 1. The molecule has 90 valence electrons. The molecule has 0 radical (unpaired) electrons. The van der Waals surface area contributed by atoms with Crippen molar-refractivity contribution < 1.29 is 4.39 Å². The standard InChI is InChI=1S/C13H15FN2S/c1-16(7-10-5-6-17-9-10)8-11-3-2-4-12(14)13(11)15/h2-6,9H,7-8,15H2,1H3. The van der Waals surface area contributed by atoms with E-state index in [-0.39, 0.29) is 11.5 Å². The van der Waals surface area contributed by atoms with Crippen molar-refractivity contribution in [2.75, 3.05) is 12.8 Å². The zero-order valence-corrected chi connectivity index (χ0v) is 10.5. The third-order valence-electron chi connectivity index (χ3n) is 2.62. The molecule has 0 aliphatic heterocycles. The van der Waals surface area contributed by atoms with Crippen molar-refractivity contribution in [3.05, 3.63) is 52.0 Å². The van der Waals surface area contributed by atoms with E-state index in [0.29, 0.717) is 6.54 Å². The first-order valence-electron chi connectivity index (χ1n) is 5.39. The molecule has 1 aromatic carbocycles. The Morgan fingerprint density at radius 2 is 2.12 bits per heavy atom. The number of para-hydroxylation sites is 1. The number of hydrogen-bond donors (Lipinski definition) is 1. The van der Waals surface area contributed by atoms with Crippen LogP contribution in [0.5, 0.6) is 0 Å². The van der Waals surface area contributed by atoms with E-state index in [0.717, 1.165) is 12.1 Å². The van der Waals surface area contributed by atoms with E-state index in [1.165, 1.54) is 11.6 Å². The number of anilines is 1. The first kappa shape index (κ1) is 12.1. The van der Waals surface area contributed by atoms with Crippen molar-refractivity contribution >= 4 is 17.0 Å². The van der Waals surface area contributed by atoms with Crippen LogP contribution in [0.25, 0.3) is 0 Å². The van der Waals surface area contributed by atoms with Crippen molar-refractivity contribution in [1.29, 1.82) is 0 Å². The van der Waals surface area contributed by atoms with Crippen LogP contribution < -0.4 is 5.73 Å². The zero-order valence-electron chi connectivity index (χ0n) is 9.69. The Bertz CT molecular complexity index is 482. The van der Waals surface area contributed by atoms with Gasteiger partial charge in [-0.3, -0.25) is 4.90 Å². The quantitative estimate of drug-likeness (QED) is 0.845. The van der Waals surface area contributed by atoms with Gasteiger partial charge in [0.1, 0.15) is 5.82 Å². The van der Waals surface area contributed by atoms with Gasteiger partial charge in [-0.05, 0) is 41.1 Å². The predicted molar refractivity (Wildman–Crippen MR) is 70.3 cm³/mol. The number of nitrogen functional groups attached to an aromatic ring is 1. The smallest absolute Gasteiger partial charge is 0.146 e. The first-order chi connectivity index (χ1) is 8.16. The van der Waals surface area contributed by atoms with E-state index < -0.39 is 0 Å². The molecule has 2 aromatic rings. The second-order valence-electron chi connectivity index (χ2n) is 4.12. The molecule has 2 N–H and O–H groups in total. The zero-order chi connectivity index (χ0) is 12.3. The lowest BCUT2D eigenvalue weighted by Crippen LogP contribution is -2.18. The second kappa shape index (κ2) is 5.29. The molecule has 17 heavy (non-hydrogen) atoms. The summed E-state index contributed by atoms with van der Waals surface area (Å²) < 4.78 is 13.3. The maximum atomic E-state index is 13.3. The van der Waals surface area contributed by atoms with Gasteiger partial charge in [-0.25, -0.2) is 4.39 Å². The molecule has 0 amide bonds. The Hall–Kier alpha value is -1.39. The lowest BCUT2D eigenvalue weighted by atomic mass is 10.1. The molecule has 2 nitrogen and oxygen atoms in total. The van der Waals surface area contributed by atoms with Crippen LogP contribution in [0.4, 0.5) is 10.1 Å². The summed E-state index contributed by atoms with van der Waals surface area (Å²) in [6.45, 7) is 1.50. The fourth-order valence-corrected chi connectivity index (χ4v) is 2.42. The van der Waals surface area contributed by atoms with E-state index in [1.807, 2.05) is 13.1 Å². The molecule has 0 aliphatic rings. The molecule has 1 aromatic heterocycles. The van der Waals surface area contributed by atoms with E-state index >= 15 is 0 Å². The molecular formula is C13H15FN2S. The molecule has 0 aliphatic carbocycles. The Kier molecular flexibility index (Phi) is 3.76. The molecule has 0 fully saturated rings. The summed E-state index contributed by atoms with van der Waals surface area (Å²) in [7, 11) is 2.00. The van der Waals surface area contributed by atoms with Crippen molar-refractivity contribution in [3.8, 4) is 0 Å². The first-order valence-corrected chi connectivity index (χ1v) is 6.33. The molecule has 0 spiro atoms. The van der Waals surface area contributed by atoms with E-state index in [4.69, 9.17) is 5.73 Å². The number of nitrogens with zero attached hydrogens (tertiary/aromatic N) is 1. The maximum Gasteiger partial charge on any atom is 0.146 e. The lowest BCUT2D eigenvalue weighted by Gasteiger charge is -2.17. The normalized spacial score (nSPS) is 11.0. The molecule has 0 unspecified atom stereocenters. The van der Waals surface area contributed by atoms with Gasteiger partial charge in [0.05, 0.1) is 5.69 Å². The van der Waals surface area contributed by atoms with Crippen LogP contribution in [-0.2, 0) is 13.1 Å². The Morgan fingerprint density at radius 1 is 1.29 bits per heavy atom. The fraction of sp³-hybridized carbons (Fsp3) is 0.231. The molecule has 0 atom stereocenters. The van der Waals surface area contributed by atoms with Crippen molar-refractivity contribution in [1.82, 2.24) is 4.90 Å². The van der Waals surface area contributed by atoms with Crippen LogP contribution in [0.3, 0.4) is 0 Å². The molecule has 0 bridgehead atoms. The number of hydrogen-bond acceptors (Lipinski definition) is 3. The van der Waals surface area contributed by atoms with Gasteiger partial charge in [0.15, 0.2) is 0 Å². The Balaban J connectivity index is 2.03. The van der Waals surface area contributed by atoms with Crippen LogP contribution in [0, 0.1) is 5.82 Å². The number of thiophene rings is 1. The molecule has 4 heteroatoms. The monoisotopic (exact) mass is 250 g/mol. The van der Waals surface area contributed by atoms with Gasteiger partial charge in [0.25, 0.3) is 0 Å². The summed E-state index contributed by atoms with van der Waals surface area (Å²) in [5.74, 6) is -0.341. The average molecular weight is 250 g/mol. The van der Waals surface area contributed by atoms with E-state index in [2.05, 4.69) is 21.7 Å². The summed E-state index contributed by atoms with van der Waals surface area (Å²) in [6, 6.07) is 7.04. The molecule has 0 saturated carbocycles. The third-order valence-corrected chi connectivity index (χ3v) is 3.35. The highest BCUT2D eigenvalue weighted by molar-refractivity contribution is 7.07. The highest BCUT2D eigenvalue weighted by atomic mass is 32.1. The summed E-state index contributed by atoms with van der Waals surface area (Å²) in [5, 5.41) is 4.17.